The lowest BCUT2D eigenvalue weighted by Crippen LogP contribution is -2.15. The maximum absolute atomic E-state index is 5.71. The number of hydrogen-bond acceptors (Lipinski definition) is 2. The monoisotopic (exact) mass is 201 g/mol. The van der Waals surface area contributed by atoms with E-state index in [4.69, 9.17) is 16.0 Å². The summed E-state index contributed by atoms with van der Waals surface area (Å²) in [7, 11) is 0. The Balaban J connectivity index is 3.03. The zero-order valence-corrected chi connectivity index (χ0v) is 9.40. The molecule has 1 rings (SSSR count). The van der Waals surface area contributed by atoms with Crippen molar-refractivity contribution in [1.29, 1.82) is 0 Å². The first-order valence-electron chi connectivity index (χ1n) is 4.54. The fourth-order valence-corrected chi connectivity index (χ4v) is 1.24. The molecule has 1 aromatic rings. The van der Waals surface area contributed by atoms with Gasteiger partial charge in [-0.3, -0.25) is 0 Å². The molecule has 0 saturated carbocycles. The van der Waals surface area contributed by atoms with Crippen molar-refractivity contribution in [3.8, 4) is 0 Å². The van der Waals surface area contributed by atoms with Crippen molar-refractivity contribution in [3.63, 3.8) is 0 Å². The van der Waals surface area contributed by atoms with Crippen LogP contribution in [0, 0.1) is 6.92 Å². The number of hydrogen-bond donors (Lipinski definition) is 0. The van der Waals surface area contributed by atoms with Crippen LogP contribution in [0.3, 0.4) is 0 Å². The molecule has 13 heavy (non-hydrogen) atoms. The SMILES string of the molecule is CCC(C)(C)c1nc(C)c(CCl)o1. The topological polar surface area (TPSA) is 26.0 Å². The Hall–Kier alpha value is -0.500. The molecule has 0 unspecified atom stereocenters. The van der Waals surface area contributed by atoms with E-state index in [-0.39, 0.29) is 5.41 Å². The Morgan fingerprint density at radius 1 is 1.46 bits per heavy atom. The summed E-state index contributed by atoms with van der Waals surface area (Å²) in [6.07, 6.45) is 1.01. The van der Waals surface area contributed by atoms with Gasteiger partial charge in [-0.15, -0.1) is 11.6 Å². The van der Waals surface area contributed by atoms with Gasteiger partial charge >= 0.3 is 0 Å². The maximum Gasteiger partial charge on any atom is 0.200 e. The van der Waals surface area contributed by atoms with Gasteiger partial charge in [-0.25, -0.2) is 4.98 Å². The molecule has 3 heteroatoms. The van der Waals surface area contributed by atoms with Crippen molar-refractivity contribution in [3.05, 3.63) is 17.3 Å². The summed E-state index contributed by atoms with van der Waals surface area (Å²) in [5, 5.41) is 0. The Kier molecular flexibility index (Phi) is 3.01. The van der Waals surface area contributed by atoms with Gasteiger partial charge in [-0.05, 0) is 13.3 Å². The number of halogens is 1. The van der Waals surface area contributed by atoms with Crippen LogP contribution in [-0.4, -0.2) is 4.98 Å². The van der Waals surface area contributed by atoms with Gasteiger partial charge in [0.1, 0.15) is 5.76 Å². The quantitative estimate of drug-likeness (QED) is 0.701. The highest BCUT2D eigenvalue weighted by molar-refractivity contribution is 6.16. The molecule has 2 nitrogen and oxygen atoms in total. The van der Waals surface area contributed by atoms with Crippen LogP contribution in [0.25, 0.3) is 0 Å². The zero-order valence-electron chi connectivity index (χ0n) is 8.65. The van der Waals surface area contributed by atoms with Gasteiger partial charge in [0.15, 0.2) is 5.89 Å². The number of rotatable bonds is 3. The molecule has 0 spiro atoms. The predicted molar refractivity (Wildman–Crippen MR) is 54.1 cm³/mol. The first kappa shape index (κ1) is 10.6. The van der Waals surface area contributed by atoms with Crippen LogP contribution in [0.15, 0.2) is 4.42 Å². The molecule has 0 aliphatic rings. The molecule has 0 bridgehead atoms. The fourth-order valence-electron chi connectivity index (χ4n) is 0.993. The maximum atomic E-state index is 5.71. The van der Waals surface area contributed by atoms with E-state index in [0.29, 0.717) is 5.88 Å². The summed E-state index contributed by atoms with van der Waals surface area (Å²) in [4.78, 5) is 4.37. The number of aryl methyl sites for hydroxylation is 1. The van der Waals surface area contributed by atoms with E-state index in [1.165, 1.54) is 0 Å². The highest BCUT2D eigenvalue weighted by Gasteiger charge is 2.25. The minimum Gasteiger partial charge on any atom is -0.444 e. The minimum absolute atomic E-state index is 0.00900. The van der Waals surface area contributed by atoms with Crippen LogP contribution in [0.2, 0.25) is 0 Å². The molecule has 0 saturated heterocycles. The van der Waals surface area contributed by atoms with Crippen LogP contribution in [0.1, 0.15) is 44.5 Å². The molecule has 74 valence electrons. The second-order valence-corrected chi connectivity index (χ2v) is 4.17. The highest BCUT2D eigenvalue weighted by atomic mass is 35.5. The average molecular weight is 202 g/mol. The third-order valence-electron chi connectivity index (χ3n) is 2.48. The van der Waals surface area contributed by atoms with E-state index in [1.54, 1.807) is 0 Å². The smallest absolute Gasteiger partial charge is 0.200 e. The standard InChI is InChI=1S/C10H16ClNO/c1-5-10(3,4)9-12-7(2)8(6-11)13-9/h5-6H2,1-4H3. The fraction of sp³-hybridized carbons (Fsp3) is 0.700. The van der Waals surface area contributed by atoms with Crippen LogP contribution in [-0.2, 0) is 11.3 Å². The lowest BCUT2D eigenvalue weighted by atomic mass is 9.90. The molecule has 0 amide bonds. The summed E-state index contributed by atoms with van der Waals surface area (Å²) >= 11 is 5.71. The molecular weight excluding hydrogens is 186 g/mol. The number of alkyl halides is 1. The van der Waals surface area contributed by atoms with Crippen LogP contribution >= 0.6 is 11.6 Å². The average Bonchev–Trinajstić information content (AvgIpc) is 2.47. The van der Waals surface area contributed by atoms with Crippen molar-refractivity contribution in [1.82, 2.24) is 4.98 Å². The Morgan fingerprint density at radius 2 is 2.08 bits per heavy atom. The van der Waals surface area contributed by atoms with Crippen molar-refractivity contribution >= 4 is 11.6 Å². The van der Waals surface area contributed by atoms with E-state index < -0.39 is 0 Å². The second kappa shape index (κ2) is 3.70. The molecule has 1 aromatic heterocycles. The third-order valence-corrected chi connectivity index (χ3v) is 2.72. The number of nitrogens with zero attached hydrogens (tertiary/aromatic N) is 1. The minimum atomic E-state index is 0.00900. The van der Waals surface area contributed by atoms with Crippen molar-refractivity contribution in [2.75, 3.05) is 0 Å². The van der Waals surface area contributed by atoms with Crippen molar-refractivity contribution in [2.45, 2.75) is 45.4 Å². The van der Waals surface area contributed by atoms with Gasteiger partial charge in [0.2, 0.25) is 0 Å². The van der Waals surface area contributed by atoms with Crippen LogP contribution < -0.4 is 0 Å². The molecule has 0 fully saturated rings. The van der Waals surface area contributed by atoms with Crippen LogP contribution in [0.5, 0.6) is 0 Å². The first-order chi connectivity index (χ1) is 6.01. The summed E-state index contributed by atoms with van der Waals surface area (Å²) in [5.74, 6) is 1.99. The summed E-state index contributed by atoms with van der Waals surface area (Å²) < 4.78 is 5.58. The molecule has 0 aromatic carbocycles. The largest absolute Gasteiger partial charge is 0.444 e. The number of aromatic nitrogens is 1. The third kappa shape index (κ3) is 2.05. The molecule has 0 aliphatic heterocycles. The van der Waals surface area contributed by atoms with Gasteiger partial charge in [-0.2, -0.15) is 0 Å². The predicted octanol–water partition coefficient (Wildman–Crippen LogP) is 3.41. The molecule has 0 atom stereocenters. The summed E-state index contributed by atoms with van der Waals surface area (Å²) in [6, 6.07) is 0. The van der Waals surface area contributed by atoms with E-state index in [9.17, 15) is 0 Å². The van der Waals surface area contributed by atoms with Gasteiger partial charge in [-0.1, -0.05) is 20.8 Å². The first-order valence-corrected chi connectivity index (χ1v) is 5.07. The van der Waals surface area contributed by atoms with Crippen LogP contribution in [0.4, 0.5) is 0 Å². The van der Waals surface area contributed by atoms with E-state index in [2.05, 4.69) is 25.8 Å². The molecular formula is C10H16ClNO. The Bertz CT molecular complexity index is 291. The molecule has 0 radical (unpaired) electrons. The van der Waals surface area contributed by atoms with Gasteiger partial charge in [0.25, 0.3) is 0 Å². The lowest BCUT2D eigenvalue weighted by molar-refractivity contribution is 0.349. The van der Waals surface area contributed by atoms with Gasteiger partial charge < -0.3 is 4.42 Å². The number of oxazole rings is 1. The summed E-state index contributed by atoms with van der Waals surface area (Å²) in [5.41, 5.74) is 0.918. The highest BCUT2D eigenvalue weighted by Crippen LogP contribution is 2.27. The lowest BCUT2D eigenvalue weighted by Gasteiger charge is -2.17. The zero-order chi connectivity index (χ0) is 10.1. The molecule has 0 aliphatic carbocycles. The Morgan fingerprint density at radius 3 is 2.46 bits per heavy atom. The van der Waals surface area contributed by atoms with Crippen molar-refractivity contribution in [2.24, 2.45) is 0 Å². The van der Waals surface area contributed by atoms with E-state index in [0.717, 1.165) is 23.8 Å². The molecule has 1 heterocycles. The van der Waals surface area contributed by atoms with Gasteiger partial charge in [0, 0.05) is 5.41 Å². The van der Waals surface area contributed by atoms with E-state index >= 15 is 0 Å². The van der Waals surface area contributed by atoms with Crippen molar-refractivity contribution < 1.29 is 4.42 Å². The molecule has 0 N–H and O–H groups in total. The Labute approximate surface area is 84.3 Å². The summed E-state index contributed by atoms with van der Waals surface area (Å²) in [6.45, 7) is 8.29. The van der Waals surface area contributed by atoms with E-state index in [1.807, 2.05) is 6.92 Å². The van der Waals surface area contributed by atoms with Gasteiger partial charge in [0.05, 0.1) is 11.6 Å². The second-order valence-electron chi connectivity index (χ2n) is 3.90. The normalized spacial score (nSPS) is 12.1.